The molecule has 11 heavy (non-hydrogen) atoms. The highest BCUT2D eigenvalue weighted by atomic mass is 35.5. The molecule has 64 valence electrons. The van der Waals surface area contributed by atoms with Crippen LogP contribution < -0.4 is 0 Å². The minimum Gasteiger partial charge on any atom is -0.281 e. The Balaban J connectivity index is 0.000001000. The van der Waals surface area contributed by atoms with E-state index in [1.165, 1.54) is 16.7 Å². The summed E-state index contributed by atoms with van der Waals surface area (Å²) < 4.78 is 29.1. The SMILES string of the molecule is Cc1nc(S(=O)(=O)O)cs1.Cl. The van der Waals surface area contributed by atoms with Crippen molar-refractivity contribution in [2.45, 2.75) is 11.9 Å². The Hall–Kier alpha value is -0.170. The number of aromatic nitrogens is 1. The standard InChI is InChI=1S/C4H5NO3S2.ClH/c1-3-5-4(2-9-3)10(6,7)8;/h2H,1H3,(H,6,7,8);1H. The van der Waals surface area contributed by atoms with Crippen LogP contribution in [0.1, 0.15) is 5.01 Å². The van der Waals surface area contributed by atoms with Crippen molar-refractivity contribution in [3.8, 4) is 0 Å². The first-order valence-electron chi connectivity index (χ1n) is 2.40. The Bertz CT molecular complexity index is 331. The third kappa shape index (κ3) is 2.74. The van der Waals surface area contributed by atoms with Gasteiger partial charge in [0.15, 0.2) is 5.03 Å². The van der Waals surface area contributed by atoms with Crippen molar-refractivity contribution in [1.82, 2.24) is 4.98 Å². The summed E-state index contributed by atoms with van der Waals surface area (Å²) in [6.07, 6.45) is 0. The number of nitrogens with zero attached hydrogens (tertiary/aromatic N) is 1. The molecule has 0 amide bonds. The van der Waals surface area contributed by atoms with Gasteiger partial charge in [-0.2, -0.15) is 8.42 Å². The summed E-state index contributed by atoms with van der Waals surface area (Å²) in [5.41, 5.74) is 0. The molecule has 0 radical (unpaired) electrons. The molecule has 0 aliphatic rings. The van der Waals surface area contributed by atoms with Crippen LogP contribution in [0, 0.1) is 6.92 Å². The minimum atomic E-state index is -4.08. The van der Waals surface area contributed by atoms with Crippen LogP contribution in [-0.2, 0) is 10.1 Å². The van der Waals surface area contributed by atoms with Crippen molar-refractivity contribution in [1.29, 1.82) is 0 Å². The van der Waals surface area contributed by atoms with Gasteiger partial charge in [0.25, 0.3) is 0 Å². The number of hydrogen-bond acceptors (Lipinski definition) is 4. The lowest BCUT2D eigenvalue weighted by molar-refractivity contribution is 0.480. The molecular formula is C4H6ClNO3S2. The molecule has 0 spiro atoms. The van der Waals surface area contributed by atoms with Gasteiger partial charge in [0.1, 0.15) is 0 Å². The van der Waals surface area contributed by atoms with Crippen LogP contribution in [0.25, 0.3) is 0 Å². The second-order valence-electron chi connectivity index (χ2n) is 1.68. The normalized spacial score (nSPS) is 10.7. The van der Waals surface area contributed by atoms with Gasteiger partial charge in [0.05, 0.1) is 5.01 Å². The molecule has 0 unspecified atom stereocenters. The van der Waals surface area contributed by atoms with Crippen LogP contribution in [0.5, 0.6) is 0 Å². The van der Waals surface area contributed by atoms with Crippen LogP contribution >= 0.6 is 23.7 Å². The third-order valence-corrected chi connectivity index (χ3v) is 2.52. The van der Waals surface area contributed by atoms with E-state index in [1.54, 1.807) is 6.92 Å². The molecule has 1 aromatic heterocycles. The van der Waals surface area contributed by atoms with Gasteiger partial charge >= 0.3 is 10.1 Å². The molecule has 1 heterocycles. The highest BCUT2D eigenvalue weighted by Crippen LogP contribution is 2.12. The molecule has 1 N–H and O–H groups in total. The summed E-state index contributed by atoms with van der Waals surface area (Å²) in [5, 5.41) is 1.65. The van der Waals surface area contributed by atoms with Crippen molar-refractivity contribution in [2.75, 3.05) is 0 Å². The first kappa shape index (κ1) is 10.8. The molecule has 1 rings (SSSR count). The minimum absolute atomic E-state index is 0. The second-order valence-corrected chi connectivity index (χ2v) is 4.11. The van der Waals surface area contributed by atoms with E-state index in [-0.39, 0.29) is 17.4 Å². The van der Waals surface area contributed by atoms with E-state index in [0.29, 0.717) is 5.01 Å². The van der Waals surface area contributed by atoms with Crippen molar-refractivity contribution >= 4 is 33.9 Å². The van der Waals surface area contributed by atoms with E-state index < -0.39 is 10.1 Å². The lowest BCUT2D eigenvalue weighted by atomic mass is 10.8. The van der Waals surface area contributed by atoms with E-state index >= 15 is 0 Å². The van der Waals surface area contributed by atoms with Gasteiger partial charge in [-0.25, -0.2) is 4.98 Å². The Morgan fingerprint density at radius 1 is 1.64 bits per heavy atom. The van der Waals surface area contributed by atoms with E-state index in [9.17, 15) is 8.42 Å². The molecule has 1 aromatic rings. The first-order valence-corrected chi connectivity index (χ1v) is 4.72. The number of aryl methyl sites for hydroxylation is 1. The Kier molecular flexibility index (Phi) is 3.43. The van der Waals surface area contributed by atoms with Gasteiger partial charge in [-0.1, -0.05) is 0 Å². The average molecular weight is 216 g/mol. The topological polar surface area (TPSA) is 67.3 Å². The second kappa shape index (κ2) is 3.48. The highest BCUT2D eigenvalue weighted by Gasteiger charge is 2.11. The Morgan fingerprint density at radius 3 is 2.36 bits per heavy atom. The van der Waals surface area contributed by atoms with Crippen molar-refractivity contribution < 1.29 is 13.0 Å². The number of halogens is 1. The summed E-state index contributed by atoms with van der Waals surface area (Å²) in [6, 6.07) is 0. The number of thiazole rings is 1. The summed E-state index contributed by atoms with van der Waals surface area (Å²) in [6.45, 7) is 1.67. The fraction of sp³-hybridized carbons (Fsp3) is 0.250. The van der Waals surface area contributed by atoms with Gasteiger partial charge in [-0.3, -0.25) is 4.55 Å². The van der Waals surface area contributed by atoms with Crippen LogP contribution in [0.15, 0.2) is 10.4 Å². The molecule has 4 nitrogen and oxygen atoms in total. The largest absolute Gasteiger partial charge is 0.312 e. The van der Waals surface area contributed by atoms with Crippen molar-refractivity contribution in [3.05, 3.63) is 10.4 Å². The zero-order chi connectivity index (χ0) is 7.78. The smallest absolute Gasteiger partial charge is 0.281 e. The van der Waals surface area contributed by atoms with Crippen LogP contribution in [-0.4, -0.2) is 18.0 Å². The average Bonchev–Trinajstić information content (AvgIpc) is 2.11. The number of hydrogen-bond donors (Lipinski definition) is 1. The monoisotopic (exact) mass is 215 g/mol. The molecule has 0 fully saturated rings. The molecule has 0 bridgehead atoms. The van der Waals surface area contributed by atoms with Gasteiger partial charge in [0, 0.05) is 5.38 Å². The maximum Gasteiger partial charge on any atom is 0.312 e. The fourth-order valence-electron chi connectivity index (χ4n) is 0.462. The van der Waals surface area contributed by atoms with Crippen LogP contribution in [0.3, 0.4) is 0 Å². The van der Waals surface area contributed by atoms with Gasteiger partial charge in [0.2, 0.25) is 0 Å². The Morgan fingerprint density at radius 2 is 2.18 bits per heavy atom. The zero-order valence-corrected chi connectivity index (χ0v) is 7.96. The van der Waals surface area contributed by atoms with E-state index in [4.69, 9.17) is 4.55 Å². The lowest BCUT2D eigenvalue weighted by Gasteiger charge is -1.84. The molecule has 7 heteroatoms. The molecular weight excluding hydrogens is 210 g/mol. The molecule has 0 aromatic carbocycles. The summed E-state index contributed by atoms with van der Waals surface area (Å²) >= 11 is 1.18. The predicted molar refractivity (Wildman–Crippen MR) is 43.9 cm³/mol. The maximum atomic E-state index is 10.3. The molecule has 0 atom stereocenters. The number of rotatable bonds is 1. The van der Waals surface area contributed by atoms with Gasteiger partial charge in [-0.15, -0.1) is 23.7 Å². The quantitative estimate of drug-likeness (QED) is 0.713. The van der Waals surface area contributed by atoms with E-state index in [1.807, 2.05) is 0 Å². The molecule has 0 aliphatic carbocycles. The van der Waals surface area contributed by atoms with E-state index in [0.717, 1.165) is 0 Å². The highest BCUT2D eigenvalue weighted by molar-refractivity contribution is 7.85. The third-order valence-electron chi connectivity index (χ3n) is 0.862. The van der Waals surface area contributed by atoms with Crippen LogP contribution in [0.4, 0.5) is 0 Å². The van der Waals surface area contributed by atoms with Crippen molar-refractivity contribution in [2.24, 2.45) is 0 Å². The first-order chi connectivity index (χ1) is 4.50. The van der Waals surface area contributed by atoms with Crippen LogP contribution in [0.2, 0.25) is 0 Å². The van der Waals surface area contributed by atoms with Gasteiger partial charge in [-0.05, 0) is 6.92 Å². The molecule has 0 saturated heterocycles. The van der Waals surface area contributed by atoms with Crippen molar-refractivity contribution in [3.63, 3.8) is 0 Å². The van der Waals surface area contributed by atoms with Gasteiger partial charge < -0.3 is 0 Å². The fourth-order valence-corrected chi connectivity index (χ4v) is 1.88. The summed E-state index contributed by atoms with van der Waals surface area (Å²) in [4.78, 5) is 3.56. The summed E-state index contributed by atoms with van der Waals surface area (Å²) in [5.74, 6) is 0. The maximum absolute atomic E-state index is 10.3. The Labute approximate surface area is 74.4 Å². The molecule has 0 aliphatic heterocycles. The predicted octanol–water partition coefficient (Wildman–Crippen LogP) is 1.12. The summed E-state index contributed by atoms with van der Waals surface area (Å²) in [7, 11) is -4.08. The molecule has 0 saturated carbocycles. The van der Waals surface area contributed by atoms with E-state index in [2.05, 4.69) is 4.98 Å². The lowest BCUT2D eigenvalue weighted by Crippen LogP contribution is -1.97. The zero-order valence-electron chi connectivity index (χ0n) is 5.51.